The monoisotopic (exact) mass is 670 g/mol. The number of nitrogens with one attached hydrogen (secondary N) is 2. The number of nitrogens with zero attached hydrogens (tertiary/aromatic N) is 2. The molecule has 0 bridgehead atoms. The molecule has 1 aliphatic heterocycles. The summed E-state index contributed by atoms with van der Waals surface area (Å²) in [6.07, 6.45) is 1.18. The average molecular weight is 671 g/mol. The number of aryl methyl sites for hydroxylation is 1. The maximum Gasteiger partial charge on any atom is 0.310 e. The molecule has 0 radical (unpaired) electrons. The first-order chi connectivity index (χ1) is 21.8. The van der Waals surface area contributed by atoms with E-state index in [2.05, 4.69) is 15.6 Å². The molecular weight excluding hydrogens is 620 g/mol. The summed E-state index contributed by atoms with van der Waals surface area (Å²) >= 11 is 1.53. The van der Waals surface area contributed by atoms with E-state index < -0.39 is 52.2 Å². The molecule has 4 N–H and O–H groups in total. The van der Waals surface area contributed by atoms with Gasteiger partial charge in [0.25, 0.3) is 0 Å². The molecule has 4 rings (SSSR count). The number of aromatic nitrogens is 1. The van der Waals surface area contributed by atoms with Crippen LogP contribution in [0.15, 0.2) is 23.7 Å². The van der Waals surface area contributed by atoms with Crippen LogP contribution in [0.3, 0.4) is 0 Å². The van der Waals surface area contributed by atoms with Gasteiger partial charge in [0.2, 0.25) is 17.7 Å². The molecule has 3 amide bonds. The van der Waals surface area contributed by atoms with E-state index in [1.807, 2.05) is 66.7 Å². The molecule has 2 aliphatic rings. The Labute approximate surface area is 281 Å². The Morgan fingerprint density at radius 3 is 2.32 bits per heavy atom. The van der Waals surface area contributed by atoms with Crippen molar-refractivity contribution in [2.45, 2.75) is 118 Å². The summed E-state index contributed by atoms with van der Waals surface area (Å²) in [4.78, 5) is 58.3. The maximum absolute atomic E-state index is 13.6. The Morgan fingerprint density at radius 2 is 1.79 bits per heavy atom. The van der Waals surface area contributed by atoms with Crippen molar-refractivity contribution in [1.29, 1.82) is 0 Å². The summed E-state index contributed by atoms with van der Waals surface area (Å²) < 4.78 is 6.59. The Morgan fingerprint density at radius 1 is 1.13 bits per heavy atom. The van der Waals surface area contributed by atoms with Crippen molar-refractivity contribution in [3.05, 3.63) is 35.0 Å². The fraction of sp³-hybridized carbons (Fsp3) is 0.629. The van der Waals surface area contributed by atoms with Crippen LogP contribution < -0.4 is 15.4 Å². The summed E-state index contributed by atoms with van der Waals surface area (Å²) in [5.41, 5.74) is 2.51. The second-order valence-corrected chi connectivity index (χ2v) is 16.0. The predicted octanol–water partition coefficient (Wildman–Crippen LogP) is 4.69. The van der Waals surface area contributed by atoms with Gasteiger partial charge in [0.05, 0.1) is 33.7 Å². The zero-order valence-electron chi connectivity index (χ0n) is 28.8. The van der Waals surface area contributed by atoms with Crippen molar-refractivity contribution in [2.24, 2.45) is 16.2 Å². The standard InChI is InChI=1S/C35H50N4O7S/c1-20-28(47-19-37-20)22-9-10-23(27(15-22)46-25-11-13-35(14-12-25,32(44)45)34(6,7)8)17-36-30(42)26-16-24(41)18-39(26)31(43)29(33(3,4)5)38-21(2)40/h9-10,15,19,24-26,29,41H,11-14,16-18H2,1-8H3,(H,36,42)(H,38,40)(H,44,45)/t24-,25?,26+,29-,35?/m1/s1. The summed E-state index contributed by atoms with van der Waals surface area (Å²) in [5.74, 6) is -1.36. The van der Waals surface area contributed by atoms with E-state index in [0.29, 0.717) is 31.4 Å². The highest BCUT2D eigenvalue weighted by atomic mass is 32.1. The largest absolute Gasteiger partial charge is 0.490 e. The Hall–Kier alpha value is -3.51. The number of hydrogen-bond acceptors (Lipinski definition) is 8. The summed E-state index contributed by atoms with van der Waals surface area (Å²) in [6, 6.07) is 4.04. The zero-order valence-corrected chi connectivity index (χ0v) is 29.6. The smallest absolute Gasteiger partial charge is 0.310 e. The molecule has 47 heavy (non-hydrogen) atoms. The first-order valence-electron chi connectivity index (χ1n) is 16.3. The third-order valence-corrected chi connectivity index (χ3v) is 10.8. The predicted molar refractivity (Wildman–Crippen MR) is 180 cm³/mol. The van der Waals surface area contributed by atoms with Crippen molar-refractivity contribution in [3.8, 4) is 16.2 Å². The molecule has 3 atom stereocenters. The molecule has 0 unspecified atom stereocenters. The third-order valence-electron chi connectivity index (χ3n) is 9.78. The number of ether oxygens (including phenoxy) is 1. The van der Waals surface area contributed by atoms with E-state index in [0.717, 1.165) is 21.7 Å². The maximum atomic E-state index is 13.6. The van der Waals surface area contributed by atoms with E-state index in [1.54, 1.807) is 5.51 Å². The minimum absolute atomic E-state index is 0.00553. The normalized spacial score (nSPS) is 24.0. The topological polar surface area (TPSA) is 158 Å². The Balaban J connectivity index is 1.54. The highest BCUT2D eigenvalue weighted by Crippen LogP contribution is 2.50. The first kappa shape index (κ1) is 36.3. The summed E-state index contributed by atoms with van der Waals surface area (Å²) in [6.45, 7) is 14.8. The van der Waals surface area contributed by atoms with Crippen LogP contribution in [0, 0.1) is 23.2 Å². The number of likely N-dealkylation sites (tertiary alicyclic amines) is 1. The lowest BCUT2D eigenvalue weighted by atomic mass is 9.59. The fourth-order valence-electron chi connectivity index (χ4n) is 6.82. The molecule has 2 aromatic rings. The molecule has 11 nitrogen and oxygen atoms in total. The van der Waals surface area contributed by atoms with Gasteiger partial charge < -0.3 is 30.5 Å². The van der Waals surface area contributed by atoms with Crippen LogP contribution in [-0.2, 0) is 25.7 Å². The molecule has 1 saturated heterocycles. The minimum Gasteiger partial charge on any atom is -0.490 e. The van der Waals surface area contributed by atoms with Crippen LogP contribution in [0.2, 0.25) is 0 Å². The summed E-state index contributed by atoms with van der Waals surface area (Å²) in [5, 5.41) is 26.3. The van der Waals surface area contributed by atoms with Gasteiger partial charge in [-0.05, 0) is 55.1 Å². The molecule has 258 valence electrons. The highest BCUT2D eigenvalue weighted by molar-refractivity contribution is 7.13. The van der Waals surface area contributed by atoms with Gasteiger partial charge in [-0.2, -0.15) is 0 Å². The number of aliphatic hydroxyl groups excluding tert-OH is 1. The van der Waals surface area contributed by atoms with Crippen molar-refractivity contribution in [3.63, 3.8) is 0 Å². The number of β-amino-alcohol motifs (C(OH)–C–C–N with tert-alkyl or cyclic N) is 1. The fourth-order valence-corrected chi connectivity index (χ4v) is 7.62. The first-order valence-corrected chi connectivity index (χ1v) is 17.2. The summed E-state index contributed by atoms with van der Waals surface area (Å²) in [7, 11) is 0. The Bertz CT molecular complexity index is 1480. The van der Waals surface area contributed by atoms with E-state index in [4.69, 9.17) is 4.74 Å². The number of amides is 3. The van der Waals surface area contributed by atoms with E-state index in [9.17, 15) is 29.4 Å². The molecule has 2 heterocycles. The molecule has 0 spiro atoms. The van der Waals surface area contributed by atoms with Gasteiger partial charge in [0, 0.05) is 32.0 Å². The number of thiazole rings is 1. The van der Waals surface area contributed by atoms with Gasteiger partial charge in [-0.15, -0.1) is 11.3 Å². The van der Waals surface area contributed by atoms with Gasteiger partial charge in [-0.3, -0.25) is 19.2 Å². The molecular formula is C35H50N4O7S. The van der Waals surface area contributed by atoms with Crippen LogP contribution in [0.5, 0.6) is 5.75 Å². The number of carboxylic acids is 1. The van der Waals surface area contributed by atoms with E-state index in [-0.39, 0.29) is 31.5 Å². The second-order valence-electron chi connectivity index (χ2n) is 15.2. The lowest BCUT2D eigenvalue weighted by Crippen LogP contribution is -2.57. The zero-order chi connectivity index (χ0) is 34.9. The number of hydrogen-bond donors (Lipinski definition) is 4. The molecule has 1 aromatic carbocycles. The molecule has 1 aromatic heterocycles. The molecule has 1 saturated carbocycles. The van der Waals surface area contributed by atoms with Crippen molar-refractivity contribution in [1.82, 2.24) is 20.5 Å². The van der Waals surface area contributed by atoms with Gasteiger partial charge >= 0.3 is 5.97 Å². The minimum atomic E-state index is -0.903. The highest BCUT2D eigenvalue weighted by Gasteiger charge is 2.51. The quantitative estimate of drug-likeness (QED) is 0.299. The number of aliphatic hydroxyl groups is 1. The number of rotatable bonds is 9. The lowest BCUT2D eigenvalue weighted by molar-refractivity contribution is -0.161. The number of benzene rings is 1. The number of carbonyl (C=O) groups is 4. The van der Waals surface area contributed by atoms with Crippen molar-refractivity contribution < 1.29 is 34.1 Å². The number of carbonyl (C=O) groups excluding carboxylic acids is 3. The molecule has 2 fully saturated rings. The van der Waals surface area contributed by atoms with Crippen molar-refractivity contribution >= 4 is 35.0 Å². The van der Waals surface area contributed by atoms with Gasteiger partial charge in [0.15, 0.2) is 0 Å². The van der Waals surface area contributed by atoms with Crippen LogP contribution in [-0.4, -0.2) is 74.6 Å². The Kier molecular flexibility index (Phi) is 10.8. The average Bonchev–Trinajstić information content (AvgIpc) is 3.59. The van der Waals surface area contributed by atoms with Crippen LogP contribution in [0.25, 0.3) is 10.4 Å². The second kappa shape index (κ2) is 13.9. The van der Waals surface area contributed by atoms with E-state index in [1.165, 1.54) is 23.2 Å². The van der Waals surface area contributed by atoms with Crippen LogP contribution in [0.1, 0.15) is 91.8 Å². The van der Waals surface area contributed by atoms with Crippen LogP contribution in [0.4, 0.5) is 0 Å². The number of aliphatic carboxylic acids is 1. The van der Waals surface area contributed by atoms with Crippen molar-refractivity contribution in [2.75, 3.05) is 6.54 Å². The van der Waals surface area contributed by atoms with Gasteiger partial charge in [0.1, 0.15) is 17.8 Å². The van der Waals surface area contributed by atoms with Gasteiger partial charge in [-0.25, -0.2) is 4.98 Å². The van der Waals surface area contributed by atoms with Gasteiger partial charge in [-0.1, -0.05) is 53.7 Å². The number of carboxylic acid groups (broad SMARTS) is 1. The SMILES string of the molecule is CC(=O)N[C@H](C(=O)N1C[C@H](O)C[C@H]1C(=O)NCc1ccc(-c2scnc2C)cc1OC1CCC(C(=O)O)(C(C)(C)C)CC1)C(C)(C)C. The molecule has 12 heteroatoms. The van der Waals surface area contributed by atoms with Crippen LogP contribution >= 0.6 is 11.3 Å². The third kappa shape index (κ3) is 7.97. The van der Waals surface area contributed by atoms with E-state index >= 15 is 0 Å². The lowest BCUT2D eigenvalue weighted by Gasteiger charge is -2.45. The molecule has 1 aliphatic carbocycles.